The summed E-state index contributed by atoms with van der Waals surface area (Å²) in [6.07, 6.45) is 4.54. The zero-order valence-electron chi connectivity index (χ0n) is 20.3. The minimum atomic E-state index is 0. The fraction of sp³-hybridized carbons (Fsp3) is 0.444. The third-order valence-corrected chi connectivity index (χ3v) is 7.58. The highest BCUT2D eigenvalue weighted by molar-refractivity contribution is 7.17. The quantitative estimate of drug-likeness (QED) is 0.381. The van der Waals surface area contributed by atoms with Crippen LogP contribution in [0.3, 0.4) is 0 Å². The van der Waals surface area contributed by atoms with E-state index >= 15 is 0 Å². The lowest BCUT2D eigenvalue weighted by Crippen LogP contribution is -2.35. The fourth-order valence-electron chi connectivity index (χ4n) is 4.66. The maximum Gasteiger partial charge on any atom is 0.227 e. The molecular formula is C27H35ClN2O3S. The van der Waals surface area contributed by atoms with E-state index in [2.05, 4.69) is 41.6 Å². The monoisotopic (exact) mass is 502 g/mol. The van der Waals surface area contributed by atoms with E-state index in [1.165, 1.54) is 21.2 Å². The zero-order valence-corrected chi connectivity index (χ0v) is 22.0. The summed E-state index contributed by atoms with van der Waals surface area (Å²) in [6.45, 7) is 3.64. The molecule has 1 amide bonds. The molecule has 1 aromatic heterocycles. The summed E-state index contributed by atoms with van der Waals surface area (Å²) in [5.41, 5.74) is 3.70. The van der Waals surface area contributed by atoms with Gasteiger partial charge in [-0.3, -0.25) is 4.79 Å². The highest BCUT2D eigenvalue weighted by Gasteiger charge is 2.22. The average molecular weight is 503 g/mol. The molecule has 0 radical (unpaired) electrons. The van der Waals surface area contributed by atoms with Crippen molar-refractivity contribution in [1.29, 1.82) is 0 Å². The molecule has 2 heterocycles. The van der Waals surface area contributed by atoms with Gasteiger partial charge in [0.05, 0.1) is 20.6 Å². The Morgan fingerprint density at radius 1 is 1.03 bits per heavy atom. The Balaban J connectivity index is 0.00000324. The Kier molecular flexibility index (Phi) is 9.63. The lowest BCUT2D eigenvalue weighted by Gasteiger charge is -2.22. The number of hydrogen-bond donors (Lipinski definition) is 0. The maximum atomic E-state index is 12.9. The van der Waals surface area contributed by atoms with E-state index < -0.39 is 0 Å². The van der Waals surface area contributed by atoms with E-state index in [0.29, 0.717) is 12.2 Å². The van der Waals surface area contributed by atoms with E-state index in [9.17, 15) is 4.79 Å². The van der Waals surface area contributed by atoms with Crippen LogP contribution >= 0.6 is 23.7 Å². The number of ether oxygens (including phenoxy) is 2. The summed E-state index contributed by atoms with van der Waals surface area (Å²) < 4.78 is 12.2. The van der Waals surface area contributed by atoms with Gasteiger partial charge in [0, 0.05) is 17.8 Å². The maximum absolute atomic E-state index is 12.9. The van der Waals surface area contributed by atoms with Gasteiger partial charge in [-0.25, -0.2) is 0 Å². The molecule has 0 saturated carbocycles. The van der Waals surface area contributed by atoms with Crippen LogP contribution in [0.25, 0.3) is 10.1 Å². The second kappa shape index (κ2) is 12.4. The standard InChI is InChI=1S/C27H34N2O3S.ClH/c1-28(12-6-8-21-19-33-26-10-5-4-9-23(21)26)13-7-14-29-15-11-20-16-24(31-2)25(32-3)17-22(20)18-27(29)30;/h4-5,9-10,16-17,19H,6-8,11-15,18H2,1-3H3;1H. The molecule has 0 spiro atoms. The Hall–Kier alpha value is -2.28. The molecule has 0 fully saturated rings. The van der Waals surface area contributed by atoms with Gasteiger partial charge in [0.2, 0.25) is 5.91 Å². The fourth-order valence-corrected chi connectivity index (χ4v) is 5.66. The SMILES string of the molecule is COc1cc2c(cc1OC)CC(=O)N(CCCN(C)CCCc1csc3ccccc13)CC2.Cl. The molecule has 34 heavy (non-hydrogen) atoms. The van der Waals surface area contributed by atoms with Gasteiger partial charge >= 0.3 is 0 Å². The van der Waals surface area contributed by atoms with Crippen LogP contribution in [-0.4, -0.2) is 63.2 Å². The molecule has 0 aliphatic carbocycles. The van der Waals surface area contributed by atoms with Gasteiger partial charge in [0.15, 0.2) is 11.5 Å². The molecule has 0 saturated heterocycles. The van der Waals surface area contributed by atoms with Gasteiger partial charge in [0.25, 0.3) is 0 Å². The lowest BCUT2D eigenvalue weighted by molar-refractivity contribution is -0.130. The van der Waals surface area contributed by atoms with Gasteiger partial charge in [-0.15, -0.1) is 23.7 Å². The summed E-state index contributed by atoms with van der Waals surface area (Å²) in [4.78, 5) is 17.3. The lowest BCUT2D eigenvalue weighted by atomic mass is 10.0. The van der Waals surface area contributed by atoms with Crippen LogP contribution in [0.2, 0.25) is 0 Å². The number of carbonyl (C=O) groups is 1. The molecule has 2 aromatic carbocycles. The van der Waals surface area contributed by atoms with Gasteiger partial charge in [-0.1, -0.05) is 18.2 Å². The first-order valence-corrected chi connectivity index (χ1v) is 12.6. The van der Waals surface area contributed by atoms with Gasteiger partial charge < -0.3 is 19.3 Å². The molecule has 0 N–H and O–H groups in total. The number of rotatable bonds is 10. The number of methoxy groups -OCH3 is 2. The van der Waals surface area contributed by atoms with Crippen molar-refractivity contribution < 1.29 is 14.3 Å². The van der Waals surface area contributed by atoms with Crippen LogP contribution in [-0.2, 0) is 24.1 Å². The third kappa shape index (κ3) is 6.23. The molecule has 0 atom stereocenters. The number of fused-ring (bicyclic) bond motifs is 2. The number of carbonyl (C=O) groups excluding carboxylic acids is 1. The number of benzene rings is 2. The third-order valence-electron chi connectivity index (χ3n) is 6.57. The Morgan fingerprint density at radius 2 is 1.74 bits per heavy atom. The second-order valence-electron chi connectivity index (χ2n) is 8.80. The van der Waals surface area contributed by atoms with E-state index in [1.54, 1.807) is 14.2 Å². The summed E-state index contributed by atoms with van der Waals surface area (Å²) in [6, 6.07) is 12.6. The number of aryl methyl sites for hydroxylation is 1. The topological polar surface area (TPSA) is 42.0 Å². The predicted octanol–water partition coefficient (Wildman–Crippen LogP) is 5.22. The number of halogens is 1. The van der Waals surface area contributed by atoms with Gasteiger partial charge in [-0.05, 0) is 91.5 Å². The molecule has 4 rings (SSSR count). The molecule has 0 unspecified atom stereocenters. The van der Waals surface area contributed by atoms with Gasteiger partial charge in [-0.2, -0.15) is 0 Å². The van der Waals surface area contributed by atoms with Crippen molar-refractivity contribution in [3.8, 4) is 11.5 Å². The minimum Gasteiger partial charge on any atom is -0.493 e. The first-order valence-electron chi connectivity index (χ1n) is 11.7. The van der Waals surface area contributed by atoms with E-state index in [4.69, 9.17) is 9.47 Å². The van der Waals surface area contributed by atoms with Crippen molar-refractivity contribution in [2.45, 2.75) is 32.1 Å². The molecule has 5 nitrogen and oxygen atoms in total. The molecule has 3 aromatic rings. The Bertz CT molecular complexity index is 1100. The molecule has 1 aliphatic heterocycles. The largest absolute Gasteiger partial charge is 0.493 e. The summed E-state index contributed by atoms with van der Waals surface area (Å²) in [5, 5.41) is 3.71. The molecule has 1 aliphatic rings. The highest BCUT2D eigenvalue weighted by atomic mass is 35.5. The first-order chi connectivity index (χ1) is 16.1. The van der Waals surface area contributed by atoms with Crippen molar-refractivity contribution in [2.75, 3.05) is 47.4 Å². The van der Waals surface area contributed by atoms with Crippen molar-refractivity contribution >= 4 is 39.7 Å². The van der Waals surface area contributed by atoms with Crippen molar-refractivity contribution in [1.82, 2.24) is 9.80 Å². The molecular weight excluding hydrogens is 468 g/mol. The smallest absolute Gasteiger partial charge is 0.227 e. The minimum absolute atomic E-state index is 0. The molecule has 184 valence electrons. The normalized spacial score (nSPS) is 13.5. The van der Waals surface area contributed by atoms with E-state index in [-0.39, 0.29) is 18.3 Å². The Labute approximate surface area is 213 Å². The predicted molar refractivity (Wildman–Crippen MR) is 143 cm³/mol. The van der Waals surface area contributed by atoms with Crippen molar-refractivity contribution in [2.24, 2.45) is 0 Å². The van der Waals surface area contributed by atoms with E-state index in [0.717, 1.165) is 63.2 Å². The number of nitrogens with zero attached hydrogens (tertiary/aromatic N) is 2. The average Bonchev–Trinajstić information content (AvgIpc) is 3.17. The van der Waals surface area contributed by atoms with Crippen LogP contribution in [0, 0.1) is 0 Å². The van der Waals surface area contributed by atoms with Crippen molar-refractivity contribution in [3.63, 3.8) is 0 Å². The molecule has 0 bridgehead atoms. The summed E-state index contributed by atoms with van der Waals surface area (Å²) >= 11 is 1.84. The molecule has 7 heteroatoms. The zero-order chi connectivity index (χ0) is 23.2. The first kappa shape index (κ1) is 26.3. The number of thiophene rings is 1. The van der Waals surface area contributed by atoms with Crippen LogP contribution in [0.4, 0.5) is 0 Å². The Morgan fingerprint density at radius 3 is 2.50 bits per heavy atom. The van der Waals surface area contributed by atoms with Crippen LogP contribution < -0.4 is 9.47 Å². The van der Waals surface area contributed by atoms with E-state index in [1.807, 2.05) is 28.4 Å². The number of hydrogen-bond acceptors (Lipinski definition) is 5. The summed E-state index contributed by atoms with van der Waals surface area (Å²) in [7, 11) is 5.47. The highest BCUT2D eigenvalue weighted by Crippen LogP contribution is 2.32. The summed E-state index contributed by atoms with van der Waals surface area (Å²) in [5.74, 6) is 1.62. The number of amides is 1. The van der Waals surface area contributed by atoms with Crippen LogP contribution in [0.5, 0.6) is 11.5 Å². The van der Waals surface area contributed by atoms with Crippen LogP contribution in [0.15, 0.2) is 41.8 Å². The second-order valence-corrected chi connectivity index (χ2v) is 9.71. The van der Waals surface area contributed by atoms with Crippen molar-refractivity contribution in [3.05, 3.63) is 58.5 Å². The van der Waals surface area contributed by atoms with Gasteiger partial charge in [0.1, 0.15) is 0 Å². The van der Waals surface area contributed by atoms with Crippen LogP contribution in [0.1, 0.15) is 29.5 Å².